The Balaban J connectivity index is 1.51. The van der Waals surface area contributed by atoms with Gasteiger partial charge in [0.15, 0.2) is 11.8 Å². The predicted octanol–water partition coefficient (Wildman–Crippen LogP) is 7.38. The molecule has 1 fully saturated rings. The van der Waals surface area contributed by atoms with Crippen LogP contribution in [-0.4, -0.2) is 78.5 Å². The Morgan fingerprint density at radius 2 is 1.46 bits per heavy atom. The van der Waals surface area contributed by atoms with Gasteiger partial charge in [-0.05, 0) is 54.4 Å². The third-order valence-electron chi connectivity index (χ3n) is 9.09. The number of ether oxygens (including phenoxy) is 3. The van der Waals surface area contributed by atoms with Gasteiger partial charge in [-0.15, -0.1) is 0 Å². The van der Waals surface area contributed by atoms with Gasteiger partial charge in [0.05, 0.1) is 43.1 Å². The highest BCUT2D eigenvalue weighted by Gasteiger charge is 2.53. The highest BCUT2D eigenvalue weighted by atomic mass is 35.5. The van der Waals surface area contributed by atoms with Crippen molar-refractivity contribution in [3.05, 3.63) is 94.5 Å². The molecule has 0 aromatic heterocycles. The number of carbonyl (C=O) groups is 5. The third-order valence-corrected chi connectivity index (χ3v) is 9.42. The first kappa shape index (κ1) is 42.0. The van der Waals surface area contributed by atoms with Crippen LogP contribution in [0.1, 0.15) is 97.4 Å². The number of hydrogen-bond donors (Lipinski definition) is 2. The van der Waals surface area contributed by atoms with E-state index in [9.17, 15) is 24.0 Å². The SMILES string of the molecule is CCCCCCCCCCCCOC(=O)c1ccc(Cl)c(NC(=O)C(C(=O)c2ccc(OC)cc2)N2C(=O)C(OCCN)N(Cc3ccccc3)C2=O)c1. The van der Waals surface area contributed by atoms with Crippen molar-refractivity contribution in [3.63, 3.8) is 0 Å². The van der Waals surface area contributed by atoms with E-state index in [0.717, 1.165) is 30.6 Å². The van der Waals surface area contributed by atoms with Crippen molar-refractivity contribution in [2.75, 3.05) is 32.2 Å². The van der Waals surface area contributed by atoms with E-state index in [1.54, 1.807) is 24.3 Å². The topological polar surface area (TPSA) is 158 Å². The van der Waals surface area contributed by atoms with Crippen molar-refractivity contribution >= 4 is 46.9 Å². The van der Waals surface area contributed by atoms with Crippen LogP contribution in [0, 0.1) is 0 Å². The third kappa shape index (κ3) is 11.6. The maximum absolute atomic E-state index is 14.2. The summed E-state index contributed by atoms with van der Waals surface area (Å²) >= 11 is 6.46. The number of imide groups is 1. The summed E-state index contributed by atoms with van der Waals surface area (Å²) in [6.07, 6.45) is 10.0. The minimum Gasteiger partial charge on any atom is -0.497 e. The number of nitrogens with two attached hydrogens (primary N) is 1. The summed E-state index contributed by atoms with van der Waals surface area (Å²) in [5.74, 6) is -2.95. The molecule has 1 aliphatic rings. The fourth-order valence-electron chi connectivity index (χ4n) is 6.15. The van der Waals surface area contributed by atoms with E-state index in [1.807, 2.05) is 6.07 Å². The number of urea groups is 1. The number of benzene rings is 3. The van der Waals surface area contributed by atoms with Gasteiger partial charge >= 0.3 is 12.0 Å². The standard InChI is InChI=1S/C41H51ClN4O8/c1-3-4-5-6-7-8-9-10-11-15-25-54-40(50)31-20-23-33(42)34(27-31)44-37(48)35(36(47)30-18-21-32(52-2)22-19-30)46-38(49)39(53-26-24-43)45(41(46)51)28-29-16-13-12-14-17-29/h12-14,16-23,27,35,39H,3-11,15,24-26,28,43H2,1-2H3,(H,44,48). The lowest BCUT2D eigenvalue weighted by atomic mass is 10.0. The number of esters is 1. The second-order valence-corrected chi connectivity index (χ2v) is 13.5. The molecular formula is C41H51ClN4O8. The Kier molecular flexibility index (Phi) is 16.9. The number of unbranched alkanes of at least 4 members (excludes halogenated alkanes) is 9. The molecule has 2 atom stereocenters. The maximum atomic E-state index is 14.2. The lowest BCUT2D eigenvalue weighted by Gasteiger charge is -2.25. The number of nitrogens with one attached hydrogen (secondary N) is 1. The van der Waals surface area contributed by atoms with Gasteiger partial charge in [-0.3, -0.25) is 19.3 Å². The minimum atomic E-state index is -1.98. The summed E-state index contributed by atoms with van der Waals surface area (Å²) in [5, 5.41) is 2.64. The maximum Gasteiger partial charge on any atom is 0.338 e. The van der Waals surface area contributed by atoms with Crippen molar-refractivity contribution in [1.82, 2.24) is 9.80 Å². The molecule has 3 N–H and O–H groups in total. The zero-order valence-electron chi connectivity index (χ0n) is 31.1. The second-order valence-electron chi connectivity index (χ2n) is 13.1. The van der Waals surface area contributed by atoms with Gasteiger partial charge < -0.3 is 25.3 Å². The summed E-state index contributed by atoms with van der Waals surface area (Å²) < 4.78 is 16.4. The number of Topliss-reactive ketones (excluding diaryl/α,β-unsaturated/α-hetero) is 1. The molecule has 0 bridgehead atoms. The second kappa shape index (κ2) is 21.8. The number of hydrogen-bond acceptors (Lipinski definition) is 9. The highest BCUT2D eigenvalue weighted by Crippen LogP contribution is 2.29. The first-order valence-electron chi connectivity index (χ1n) is 18.6. The predicted molar refractivity (Wildman–Crippen MR) is 206 cm³/mol. The molecule has 4 rings (SSSR count). The van der Waals surface area contributed by atoms with Crippen molar-refractivity contribution < 1.29 is 38.2 Å². The minimum absolute atomic E-state index is 0.0150. The van der Waals surface area contributed by atoms with Crippen LogP contribution in [0.4, 0.5) is 10.5 Å². The van der Waals surface area contributed by atoms with Gasteiger partial charge in [-0.1, -0.05) is 107 Å². The van der Waals surface area contributed by atoms with Crippen LogP contribution in [-0.2, 0) is 25.6 Å². The molecule has 0 radical (unpaired) electrons. The summed E-state index contributed by atoms with van der Waals surface area (Å²) in [7, 11) is 1.46. The van der Waals surface area contributed by atoms with Crippen LogP contribution in [0.2, 0.25) is 5.02 Å². The molecule has 0 spiro atoms. The first-order chi connectivity index (χ1) is 26.2. The average molecular weight is 763 g/mol. The average Bonchev–Trinajstić information content (AvgIpc) is 3.40. The largest absolute Gasteiger partial charge is 0.497 e. The Morgan fingerprint density at radius 1 is 0.833 bits per heavy atom. The van der Waals surface area contributed by atoms with Crippen molar-refractivity contribution in [3.8, 4) is 5.75 Å². The van der Waals surface area contributed by atoms with Crippen LogP contribution in [0.25, 0.3) is 0 Å². The van der Waals surface area contributed by atoms with Gasteiger partial charge in [-0.2, -0.15) is 0 Å². The van der Waals surface area contributed by atoms with E-state index < -0.39 is 41.9 Å². The van der Waals surface area contributed by atoms with Gasteiger partial charge in [0.1, 0.15) is 5.75 Å². The summed E-state index contributed by atoms with van der Waals surface area (Å²) in [4.78, 5) is 71.1. The molecule has 2 unspecified atom stereocenters. The van der Waals surface area contributed by atoms with E-state index >= 15 is 0 Å². The molecule has 1 saturated heterocycles. The number of amides is 4. The van der Waals surface area contributed by atoms with Crippen molar-refractivity contribution in [2.45, 2.75) is 89.9 Å². The normalized spacial score (nSPS) is 14.6. The zero-order valence-corrected chi connectivity index (χ0v) is 31.9. The number of nitrogens with zero attached hydrogens (tertiary/aromatic N) is 2. The van der Waals surface area contributed by atoms with E-state index in [4.69, 9.17) is 31.5 Å². The Bertz CT molecular complexity index is 1700. The zero-order chi connectivity index (χ0) is 38.9. The smallest absolute Gasteiger partial charge is 0.338 e. The van der Waals surface area contributed by atoms with E-state index in [0.29, 0.717) is 16.2 Å². The lowest BCUT2D eigenvalue weighted by Crippen LogP contribution is -2.52. The first-order valence-corrected chi connectivity index (χ1v) is 19.0. The van der Waals surface area contributed by atoms with Crippen LogP contribution >= 0.6 is 11.6 Å². The molecule has 4 amide bonds. The molecule has 1 aliphatic heterocycles. The number of methoxy groups -OCH3 is 1. The molecule has 1 heterocycles. The van der Waals surface area contributed by atoms with Gasteiger partial charge in [0, 0.05) is 12.1 Å². The van der Waals surface area contributed by atoms with Gasteiger partial charge in [0.25, 0.3) is 11.8 Å². The monoisotopic (exact) mass is 762 g/mol. The number of anilines is 1. The van der Waals surface area contributed by atoms with Crippen LogP contribution in [0.3, 0.4) is 0 Å². The Morgan fingerprint density at radius 3 is 2.09 bits per heavy atom. The molecule has 54 heavy (non-hydrogen) atoms. The Labute approximate surface area is 322 Å². The van der Waals surface area contributed by atoms with Gasteiger partial charge in [0.2, 0.25) is 6.23 Å². The molecule has 0 aliphatic carbocycles. The fourth-order valence-corrected chi connectivity index (χ4v) is 6.31. The summed E-state index contributed by atoms with van der Waals surface area (Å²) in [5.41, 5.74) is 6.48. The fraction of sp³-hybridized carbons (Fsp3) is 0.439. The van der Waals surface area contributed by atoms with E-state index in [1.165, 1.54) is 88.1 Å². The molecule has 13 heteroatoms. The van der Waals surface area contributed by atoms with E-state index in [2.05, 4.69) is 12.2 Å². The quantitative estimate of drug-likeness (QED) is 0.0331. The molecule has 3 aromatic carbocycles. The van der Waals surface area contributed by atoms with Crippen LogP contribution in [0.15, 0.2) is 72.8 Å². The van der Waals surface area contributed by atoms with Crippen LogP contribution in [0.5, 0.6) is 5.75 Å². The molecule has 0 saturated carbocycles. The molecule has 290 valence electrons. The van der Waals surface area contributed by atoms with Gasteiger partial charge in [-0.25, -0.2) is 14.5 Å². The number of halogens is 1. The van der Waals surface area contributed by atoms with Crippen molar-refractivity contribution in [2.24, 2.45) is 5.73 Å². The lowest BCUT2D eigenvalue weighted by molar-refractivity contribution is -0.144. The summed E-state index contributed by atoms with van der Waals surface area (Å²) in [6, 6.07) is 16.1. The van der Waals surface area contributed by atoms with E-state index in [-0.39, 0.29) is 48.1 Å². The number of ketones is 1. The Hall–Kier alpha value is -4.78. The van der Waals surface area contributed by atoms with Crippen molar-refractivity contribution in [1.29, 1.82) is 0 Å². The summed E-state index contributed by atoms with van der Waals surface area (Å²) in [6.45, 7) is 2.40. The molecule has 3 aromatic rings. The molecular weight excluding hydrogens is 712 g/mol. The molecule has 12 nitrogen and oxygen atoms in total. The number of carbonyl (C=O) groups excluding carboxylic acids is 5. The highest BCUT2D eigenvalue weighted by molar-refractivity contribution is 6.34. The number of rotatable bonds is 23. The van der Waals surface area contributed by atoms with Crippen LogP contribution < -0.4 is 15.8 Å².